The molecule has 0 atom stereocenters. The van der Waals surface area contributed by atoms with Crippen LogP contribution in [-0.2, 0) is 14.3 Å². The maximum Gasteiger partial charge on any atom is 0.236 e. The number of aromatic nitrogens is 1. The molecule has 0 spiro atoms. The summed E-state index contributed by atoms with van der Waals surface area (Å²) in [6.45, 7) is 6.15. The van der Waals surface area contributed by atoms with E-state index in [2.05, 4.69) is 16.9 Å². The molecule has 1 aliphatic carbocycles. The highest BCUT2D eigenvalue weighted by molar-refractivity contribution is 5.99. The number of fused-ring (bicyclic) bond motifs is 1. The summed E-state index contributed by atoms with van der Waals surface area (Å²) in [4.78, 5) is 17.8. The summed E-state index contributed by atoms with van der Waals surface area (Å²) in [5, 5.41) is 2.98. The third-order valence-electron chi connectivity index (χ3n) is 5.74. The van der Waals surface area contributed by atoms with Gasteiger partial charge in [0.15, 0.2) is 17.3 Å². The number of rotatable bonds is 6. The molecule has 0 bridgehead atoms. The van der Waals surface area contributed by atoms with Gasteiger partial charge < -0.3 is 24.3 Å². The fraction of sp³-hybridized carbons (Fsp3) is 0.250. The van der Waals surface area contributed by atoms with Crippen LogP contribution >= 0.6 is 0 Å². The third-order valence-corrected chi connectivity index (χ3v) is 5.74. The fourth-order valence-electron chi connectivity index (χ4n) is 3.76. The van der Waals surface area contributed by atoms with Crippen molar-refractivity contribution in [3.63, 3.8) is 0 Å². The maximum atomic E-state index is 13.2. The zero-order valence-corrected chi connectivity index (χ0v) is 17.1. The van der Waals surface area contributed by atoms with Crippen LogP contribution in [0.15, 0.2) is 72.2 Å². The van der Waals surface area contributed by atoms with Crippen molar-refractivity contribution in [1.29, 1.82) is 0 Å². The summed E-state index contributed by atoms with van der Waals surface area (Å²) in [5.74, 6) is 3.13. The van der Waals surface area contributed by atoms with E-state index >= 15 is 0 Å². The molecule has 3 heterocycles. The van der Waals surface area contributed by atoms with Gasteiger partial charge >= 0.3 is 0 Å². The summed E-state index contributed by atoms with van der Waals surface area (Å²) in [6.07, 6.45) is 5.04. The molecule has 0 unspecified atom stereocenters. The molecule has 1 saturated carbocycles. The minimum Gasteiger partial charge on any atom is -0.458 e. The van der Waals surface area contributed by atoms with Crippen LogP contribution in [0.4, 0.5) is 5.82 Å². The lowest BCUT2D eigenvalue weighted by molar-refractivity contribution is -0.119. The lowest BCUT2D eigenvalue weighted by atomic mass is 9.93. The van der Waals surface area contributed by atoms with Crippen molar-refractivity contribution in [2.45, 2.75) is 19.8 Å². The number of benzene rings is 1. The molecular weight excluding hydrogens is 396 g/mol. The summed E-state index contributed by atoms with van der Waals surface area (Å²) in [7, 11) is 0. The van der Waals surface area contributed by atoms with E-state index in [4.69, 9.17) is 18.9 Å². The molecule has 5 rings (SSSR count). The Hall–Kier alpha value is -3.74. The average molecular weight is 418 g/mol. The Balaban J connectivity index is 1.37. The van der Waals surface area contributed by atoms with Gasteiger partial charge in [-0.3, -0.25) is 4.79 Å². The molecule has 0 saturated heterocycles. The predicted octanol–water partition coefficient (Wildman–Crippen LogP) is 4.54. The molecule has 1 N–H and O–H groups in total. The van der Waals surface area contributed by atoms with E-state index < -0.39 is 5.41 Å². The number of anilines is 1. The Morgan fingerprint density at radius 3 is 2.65 bits per heavy atom. The molecule has 2 aliphatic heterocycles. The molecule has 1 aromatic heterocycles. The number of amides is 1. The van der Waals surface area contributed by atoms with E-state index in [1.165, 1.54) is 0 Å². The summed E-state index contributed by atoms with van der Waals surface area (Å²) >= 11 is 0. The standard InChI is InChI=1S/C24H22N2O5/c1-3-17(12-20-15(2)28-13-30-20)24(9-10-24)23(27)26-22-6-4-5-18(25-22)16-7-8-19-21(11-16)31-14-29-19/h3-8,11-12H,1,9-10,13-14H2,2H3,(H,25,26,27)/b17-12+. The number of nitrogens with one attached hydrogen (secondary N) is 1. The topological polar surface area (TPSA) is 78.9 Å². The first kappa shape index (κ1) is 19.2. The second kappa shape index (κ2) is 7.50. The van der Waals surface area contributed by atoms with Crippen molar-refractivity contribution in [2.24, 2.45) is 5.41 Å². The fourth-order valence-corrected chi connectivity index (χ4v) is 3.76. The molecule has 31 heavy (non-hydrogen) atoms. The van der Waals surface area contributed by atoms with E-state index in [1.807, 2.05) is 43.3 Å². The van der Waals surface area contributed by atoms with E-state index in [0.717, 1.165) is 35.4 Å². The van der Waals surface area contributed by atoms with Crippen LogP contribution in [0.5, 0.6) is 11.5 Å². The molecule has 2 aromatic rings. The largest absolute Gasteiger partial charge is 0.458 e. The molecule has 1 amide bonds. The van der Waals surface area contributed by atoms with Gasteiger partial charge in [-0.25, -0.2) is 4.98 Å². The van der Waals surface area contributed by atoms with Gasteiger partial charge in [0, 0.05) is 5.56 Å². The van der Waals surface area contributed by atoms with Crippen molar-refractivity contribution in [3.8, 4) is 22.8 Å². The van der Waals surface area contributed by atoms with Crippen LogP contribution in [0.3, 0.4) is 0 Å². The number of hydrogen-bond donors (Lipinski definition) is 1. The van der Waals surface area contributed by atoms with E-state index in [-0.39, 0.29) is 19.5 Å². The Morgan fingerprint density at radius 1 is 1.10 bits per heavy atom. The Morgan fingerprint density at radius 2 is 1.90 bits per heavy atom. The Labute approximate surface area is 180 Å². The van der Waals surface area contributed by atoms with Crippen molar-refractivity contribution >= 4 is 11.7 Å². The van der Waals surface area contributed by atoms with Gasteiger partial charge in [0.05, 0.1) is 11.1 Å². The van der Waals surface area contributed by atoms with E-state index in [9.17, 15) is 4.79 Å². The van der Waals surface area contributed by atoms with Crippen molar-refractivity contribution in [3.05, 3.63) is 72.2 Å². The average Bonchev–Trinajstić information content (AvgIpc) is 3.28. The lowest BCUT2D eigenvalue weighted by Gasteiger charge is -2.17. The first-order valence-electron chi connectivity index (χ1n) is 10.1. The highest BCUT2D eigenvalue weighted by Crippen LogP contribution is 2.53. The molecule has 0 radical (unpaired) electrons. The van der Waals surface area contributed by atoms with Gasteiger partial charge in [-0.05, 0) is 61.7 Å². The number of hydrogen-bond acceptors (Lipinski definition) is 6. The smallest absolute Gasteiger partial charge is 0.236 e. The number of nitrogens with zero attached hydrogens (tertiary/aromatic N) is 1. The maximum absolute atomic E-state index is 13.2. The van der Waals surface area contributed by atoms with Crippen molar-refractivity contribution in [1.82, 2.24) is 4.98 Å². The first-order chi connectivity index (χ1) is 15.1. The monoisotopic (exact) mass is 418 g/mol. The van der Waals surface area contributed by atoms with Gasteiger partial charge in [-0.15, -0.1) is 0 Å². The number of ether oxygens (including phenoxy) is 4. The molecule has 7 heteroatoms. The minimum atomic E-state index is -0.628. The number of allylic oxidation sites excluding steroid dienone is 3. The summed E-state index contributed by atoms with van der Waals surface area (Å²) < 4.78 is 21.6. The second-order valence-electron chi connectivity index (χ2n) is 7.64. The van der Waals surface area contributed by atoms with Gasteiger partial charge in [-0.1, -0.05) is 18.7 Å². The zero-order valence-electron chi connectivity index (χ0n) is 17.1. The van der Waals surface area contributed by atoms with Gasteiger partial charge in [0.1, 0.15) is 11.6 Å². The van der Waals surface area contributed by atoms with Crippen LogP contribution in [0.1, 0.15) is 19.8 Å². The number of carbonyl (C=O) groups excluding carboxylic acids is 1. The normalized spacial score (nSPS) is 18.3. The van der Waals surface area contributed by atoms with Crippen molar-refractivity contribution < 1.29 is 23.7 Å². The summed E-state index contributed by atoms with van der Waals surface area (Å²) in [6, 6.07) is 11.2. The quantitative estimate of drug-likeness (QED) is 0.694. The molecule has 1 aromatic carbocycles. The lowest BCUT2D eigenvalue weighted by Crippen LogP contribution is -2.26. The summed E-state index contributed by atoms with van der Waals surface area (Å²) in [5.41, 5.74) is 1.81. The predicted molar refractivity (Wildman–Crippen MR) is 114 cm³/mol. The highest BCUT2D eigenvalue weighted by atomic mass is 16.7. The SMILES string of the molecule is C=C/C(=C\C1=C(C)OCO1)C1(C(=O)Nc2cccc(-c3ccc4c(c3)OCO4)n2)CC1. The minimum absolute atomic E-state index is 0.105. The van der Waals surface area contributed by atoms with Gasteiger partial charge in [-0.2, -0.15) is 0 Å². The molecule has 158 valence electrons. The second-order valence-corrected chi connectivity index (χ2v) is 7.64. The first-order valence-corrected chi connectivity index (χ1v) is 10.1. The molecule has 7 nitrogen and oxygen atoms in total. The van der Waals surface area contributed by atoms with Crippen LogP contribution in [-0.4, -0.2) is 24.5 Å². The van der Waals surface area contributed by atoms with E-state index in [1.54, 1.807) is 12.1 Å². The van der Waals surface area contributed by atoms with Crippen LogP contribution in [0, 0.1) is 5.41 Å². The van der Waals surface area contributed by atoms with Crippen LogP contribution in [0.2, 0.25) is 0 Å². The molecule has 1 fully saturated rings. The van der Waals surface area contributed by atoms with E-state index in [0.29, 0.717) is 23.1 Å². The number of carbonyl (C=O) groups is 1. The highest BCUT2D eigenvalue weighted by Gasteiger charge is 2.52. The van der Waals surface area contributed by atoms with Crippen molar-refractivity contribution in [2.75, 3.05) is 18.9 Å². The van der Waals surface area contributed by atoms with Gasteiger partial charge in [0.2, 0.25) is 19.5 Å². The number of pyridine rings is 1. The third kappa shape index (κ3) is 3.52. The molecular formula is C24H22N2O5. The zero-order chi connectivity index (χ0) is 21.4. The van der Waals surface area contributed by atoms with Gasteiger partial charge in [0.25, 0.3) is 0 Å². The van der Waals surface area contributed by atoms with Crippen LogP contribution < -0.4 is 14.8 Å². The Bertz CT molecular complexity index is 1130. The molecule has 3 aliphatic rings. The Kier molecular flexibility index (Phi) is 4.66. The van der Waals surface area contributed by atoms with Crippen LogP contribution in [0.25, 0.3) is 11.3 Å².